The number of aromatic hydroxyl groups is 2. The van der Waals surface area contributed by atoms with Crippen molar-refractivity contribution in [1.82, 2.24) is 0 Å². The van der Waals surface area contributed by atoms with Crippen LogP contribution in [0.2, 0.25) is 0 Å². The molecule has 3 rings (SSSR count). The zero-order chi connectivity index (χ0) is 15.7. The number of phenols is 2. The van der Waals surface area contributed by atoms with Crippen LogP contribution in [0, 0.1) is 0 Å². The fraction of sp³-hybridized carbons (Fsp3) is 0.235. The van der Waals surface area contributed by atoms with Crippen LogP contribution in [0.15, 0.2) is 36.4 Å². The molecule has 0 radical (unpaired) electrons. The number of ketones is 1. The van der Waals surface area contributed by atoms with Crippen LogP contribution in [0.4, 0.5) is 0 Å². The van der Waals surface area contributed by atoms with E-state index in [2.05, 4.69) is 0 Å². The van der Waals surface area contributed by atoms with Gasteiger partial charge in [0.2, 0.25) is 6.29 Å². The van der Waals surface area contributed by atoms with Crippen molar-refractivity contribution in [2.75, 3.05) is 0 Å². The van der Waals surface area contributed by atoms with Crippen molar-refractivity contribution in [2.24, 2.45) is 0 Å². The molecule has 0 amide bonds. The molecular formula is C17H16O5. The van der Waals surface area contributed by atoms with Gasteiger partial charge in [-0.15, -0.1) is 0 Å². The molecule has 5 heteroatoms. The van der Waals surface area contributed by atoms with E-state index in [9.17, 15) is 15.0 Å². The quantitative estimate of drug-likeness (QED) is 0.849. The number of carbonyl (C=O) groups excluding carboxylic acids is 1. The summed E-state index contributed by atoms with van der Waals surface area (Å²) in [5, 5.41) is 19.5. The van der Waals surface area contributed by atoms with Gasteiger partial charge in [0.1, 0.15) is 11.5 Å². The van der Waals surface area contributed by atoms with E-state index in [-0.39, 0.29) is 29.3 Å². The van der Waals surface area contributed by atoms with Gasteiger partial charge >= 0.3 is 0 Å². The number of hydrogen-bond acceptors (Lipinski definition) is 5. The lowest BCUT2D eigenvalue weighted by Crippen LogP contribution is -2.22. The maximum atomic E-state index is 12.4. The topological polar surface area (TPSA) is 76.0 Å². The second-order valence-corrected chi connectivity index (χ2v) is 5.09. The third kappa shape index (κ3) is 2.57. The first-order valence-electron chi connectivity index (χ1n) is 7.09. The number of carbonyl (C=O) groups is 1. The third-order valence-electron chi connectivity index (χ3n) is 3.60. The van der Waals surface area contributed by atoms with Crippen molar-refractivity contribution in [3.05, 3.63) is 47.5 Å². The van der Waals surface area contributed by atoms with Crippen LogP contribution in [0.5, 0.6) is 23.0 Å². The number of para-hydroxylation sites is 2. The monoisotopic (exact) mass is 300 g/mol. The van der Waals surface area contributed by atoms with Gasteiger partial charge in [0, 0.05) is 6.07 Å². The van der Waals surface area contributed by atoms with Gasteiger partial charge in [0.05, 0.1) is 12.0 Å². The second kappa shape index (κ2) is 5.60. The third-order valence-corrected chi connectivity index (χ3v) is 3.60. The molecule has 5 nitrogen and oxygen atoms in total. The highest BCUT2D eigenvalue weighted by Gasteiger charge is 2.27. The molecule has 0 spiro atoms. The van der Waals surface area contributed by atoms with Crippen molar-refractivity contribution in [1.29, 1.82) is 0 Å². The van der Waals surface area contributed by atoms with Crippen LogP contribution >= 0.6 is 0 Å². The first-order valence-corrected chi connectivity index (χ1v) is 7.09. The lowest BCUT2D eigenvalue weighted by atomic mass is 10.0. The number of aryl methyl sites for hydroxylation is 1. The average molecular weight is 300 g/mol. The van der Waals surface area contributed by atoms with Crippen molar-refractivity contribution in [3.8, 4) is 23.0 Å². The minimum atomic E-state index is -0.705. The fourth-order valence-electron chi connectivity index (χ4n) is 2.43. The van der Waals surface area contributed by atoms with Crippen molar-refractivity contribution >= 4 is 5.78 Å². The smallest absolute Gasteiger partial charge is 0.248 e. The number of fused-ring (bicyclic) bond motifs is 1. The maximum absolute atomic E-state index is 12.4. The Hall–Kier alpha value is -2.69. The first-order chi connectivity index (χ1) is 10.6. The number of rotatable bonds is 4. The number of phenolic OH excluding ortho intramolecular Hbond substituents is 2. The molecule has 1 aliphatic heterocycles. The molecule has 0 aliphatic carbocycles. The predicted octanol–water partition coefficient (Wildman–Crippen LogP) is 3.03. The van der Waals surface area contributed by atoms with E-state index < -0.39 is 6.29 Å². The Kier molecular flexibility index (Phi) is 3.63. The highest BCUT2D eigenvalue weighted by Crippen LogP contribution is 2.36. The van der Waals surface area contributed by atoms with Crippen molar-refractivity contribution in [2.45, 2.75) is 26.1 Å². The fourth-order valence-corrected chi connectivity index (χ4v) is 2.43. The molecular weight excluding hydrogens is 284 g/mol. The molecule has 1 heterocycles. The van der Waals surface area contributed by atoms with Gasteiger partial charge in [-0.1, -0.05) is 19.1 Å². The summed E-state index contributed by atoms with van der Waals surface area (Å²) in [6.45, 7) is 1.86. The van der Waals surface area contributed by atoms with Gasteiger partial charge in [0.15, 0.2) is 17.3 Å². The summed E-state index contributed by atoms with van der Waals surface area (Å²) in [6, 6.07) is 9.89. The minimum absolute atomic E-state index is 0.0164. The van der Waals surface area contributed by atoms with Crippen molar-refractivity contribution in [3.63, 3.8) is 0 Å². The predicted molar refractivity (Wildman–Crippen MR) is 79.6 cm³/mol. The molecule has 22 heavy (non-hydrogen) atoms. The van der Waals surface area contributed by atoms with E-state index in [1.54, 1.807) is 12.1 Å². The van der Waals surface area contributed by atoms with Crippen LogP contribution in [0.3, 0.4) is 0 Å². The SMILES string of the molecule is CCc1cc(C(=O)CC2Oc3ccccc3O2)c(O)cc1O. The van der Waals surface area contributed by atoms with Crippen molar-refractivity contribution < 1.29 is 24.5 Å². The number of ether oxygens (including phenoxy) is 2. The largest absolute Gasteiger partial charge is 0.508 e. The molecule has 0 unspecified atom stereocenters. The van der Waals surface area contributed by atoms with Gasteiger partial charge in [-0.05, 0) is 30.2 Å². The van der Waals surface area contributed by atoms with Gasteiger partial charge in [0.25, 0.3) is 0 Å². The highest BCUT2D eigenvalue weighted by atomic mass is 16.7. The van der Waals surface area contributed by atoms with Crippen LogP contribution in [0.1, 0.15) is 29.3 Å². The van der Waals surface area contributed by atoms with Crippen LogP contribution in [-0.2, 0) is 6.42 Å². The summed E-state index contributed by atoms with van der Waals surface area (Å²) < 4.78 is 11.1. The summed E-state index contributed by atoms with van der Waals surface area (Å²) in [4.78, 5) is 12.4. The molecule has 0 saturated heterocycles. The Morgan fingerprint density at radius 1 is 1.09 bits per heavy atom. The Bertz CT molecular complexity index is 698. The highest BCUT2D eigenvalue weighted by molar-refractivity contribution is 5.99. The number of Topliss-reactive ketones (excluding diaryl/α,β-unsaturated/α-hetero) is 1. The van der Waals surface area contributed by atoms with Gasteiger partial charge in [-0.3, -0.25) is 4.79 Å². The summed E-state index contributed by atoms with van der Waals surface area (Å²) in [6.07, 6.45) is -0.159. The van der Waals surface area contributed by atoms with Crippen LogP contribution < -0.4 is 9.47 Å². The standard InChI is InChI=1S/C17H16O5/c1-2-10-7-11(13(19)8-12(10)18)14(20)9-17-21-15-5-3-4-6-16(15)22-17/h3-8,17-19H,2,9H2,1H3. The Balaban J connectivity index is 1.76. The lowest BCUT2D eigenvalue weighted by Gasteiger charge is -2.11. The first kappa shape index (κ1) is 14.3. The zero-order valence-corrected chi connectivity index (χ0v) is 12.1. The Morgan fingerprint density at radius 3 is 2.32 bits per heavy atom. The van der Waals surface area contributed by atoms with Gasteiger partial charge in [-0.2, -0.15) is 0 Å². The van der Waals surface area contributed by atoms with E-state index in [0.29, 0.717) is 23.5 Å². The Morgan fingerprint density at radius 2 is 1.73 bits per heavy atom. The van der Waals surface area contributed by atoms with E-state index in [1.165, 1.54) is 12.1 Å². The van der Waals surface area contributed by atoms with E-state index in [1.807, 2.05) is 19.1 Å². The number of hydrogen-bond donors (Lipinski definition) is 2. The summed E-state index contributed by atoms with van der Waals surface area (Å²) >= 11 is 0. The molecule has 0 saturated carbocycles. The average Bonchev–Trinajstić information content (AvgIpc) is 2.89. The molecule has 0 bridgehead atoms. The normalized spacial score (nSPS) is 13.3. The summed E-state index contributed by atoms with van der Waals surface area (Å²) in [5.74, 6) is 0.645. The maximum Gasteiger partial charge on any atom is 0.248 e. The van der Waals surface area contributed by atoms with Crippen LogP contribution in [-0.4, -0.2) is 22.3 Å². The number of benzene rings is 2. The lowest BCUT2D eigenvalue weighted by molar-refractivity contribution is 0.0391. The van der Waals surface area contributed by atoms with E-state index in [4.69, 9.17) is 9.47 Å². The van der Waals surface area contributed by atoms with Gasteiger partial charge in [-0.25, -0.2) is 0 Å². The van der Waals surface area contributed by atoms with E-state index in [0.717, 1.165) is 0 Å². The van der Waals surface area contributed by atoms with E-state index >= 15 is 0 Å². The summed E-state index contributed by atoms with van der Waals surface area (Å²) in [7, 11) is 0. The minimum Gasteiger partial charge on any atom is -0.508 e. The Labute approximate surface area is 127 Å². The molecule has 1 aliphatic rings. The molecule has 114 valence electrons. The molecule has 0 aromatic heterocycles. The molecule has 0 fully saturated rings. The molecule has 2 N–H and O–H groups in total. The molecule has 0 atom stereocenters. The second-order valence-electron chi connectivity index (χ2n) is 5.09. The van der Waals surface area contributed by atoms with Crippen LogP contribution in [0.25, 0.3) is 0 Å². The van der Waals surface area contributed by atoms with Gasteiger partial charge < -0.3 is 19.7 Å². The zero-order valence-electron chi connectivity index (χ0n) is 12.1. The summed E-state index contributed by atoms with van der Waals surface area (Å²) in [5.41, 5.74) is 0.774. The molecule has 2 aromatic rings. The molecule has 2 aromatic carbocycles.